The van der Waals surface area contributed by atoms with Crippen molar-refractivity contribution in [2.24, 2.45) is 5.92 Å². The van der Waals surface area contributed by atoms with Gasteiger partial charge in [-0.15, -0.1) is 0 Å². The van der Waals surface area contributed by atoms with E-state index >= 15 is 0 Å². The highest BCUT2D eigenvalue weighted by molar-refractivity contribution is 6.03. The Morgan fingerprint density at radius 1 is 1.39 bits per heavy atom. The zero-order valence-corrected chi connectivity index (χ0v) is 11.0. The summed E-state index contributed by atoms with van der Waals surface area (Å²) in [6.45, 7) is 5.95. The van der Waals surface area contributed by atoms with Crippen molar-refractivity contribution in [3.8, 4) is 5.75 Å². The first-order chi connectivity index (χ1) is 8.49. The van der Waals surface area contributed by atoms with Crippen LogP contribution in [-0.2, 0) is 0 Å². The van der Waals surface area contributed by atoms with E-state index in [1.54, 1.807) is 18.2 Å². The van der Waals surface area contributed by atoms with E-state index in [2.05, 4.69) is 6.92 Å². The molecule has 96 valence electrons. The lowest BCUT2D eigenvalue weighted by Crippen LogP contribution is -2.45. The lowest BCUT2D eigenvalue weighted by Gasteiger charge is -2.38. The number of fused-ring (bicyclic) bond motifs is 1. The van der Waals surface area contributed by atoms with Gasteiger partial charge in [0.25, 0.3) is 0 Å². The third-order valence-corrected chi connectivity index (χ3v) is 3.51. The molecule has 0 aliphatic carbocycles. The minimum Gasteiger partial charge on any atom is -0.486 e. The molecule has 18 heavy (non-hydrogen) atoms. The summed E-state index contributed by atoms with van der Waals surface area (Å²) >= 11 is 0. The van der Waals surface area contributed by atoms with Crippen molar-refractivity contribution in [3.63, 3.8) is 0 Å². The van der Waals surface area contributed by atoms with Crippen LogP contribution in [0.1, 0.15) is 54.3 Å². The molecule has 0 N–H and O–H groups in total. The summed E-state index contributed by atoms with van der Waals surface area (Å²) in [4.78, 5) is 23.3. The Balaban J connectivity index is 2.48. The van der Waals surface area contributed by atoms with Gasteiger partial charge in [-0.3, -0.25) is 9.59 Å². The SMILES string of the molecule is CCCC1C(=O)c2cc(C=O)ccc2OC1(C)C. The molecule has 0 amide bonds. The minimum atomic E-state index is -0.483. The van der Waals surface area contributed by atoms with Gasteiger partial charge in [-0.2, -0.15) is 0 Å². The Kier molecular flexibility index (Phi) is 3.24. The predicted octanol–water partition coefficient (Wildman–Crippen LogP) is 3.27. The lowest BCUT2D eigenvalue weighted by atomic mass is 9.78. The largest absolute Gasteiger partial charge is 0.486 e. The molecule has 1 aliphatic heterocycles. The maximum absolute atomic E-state index is 12.5. The van der Waals surface area contributed by atoms with Crippen molar-refractivity contribution in [1.29, 1.82) is 0 Å². The number of carbonyl (C=O) groups is 2. The lowest BCUT2D eigenvalue weighted by molar-refractivity contribution is 0.0233. The second kappa shape index (κ2) is 4.56. The summed E-state index contributed by atoms with van der Waals surface area (Å²) in [7, 11) is 0. The third-order valence-electron chi connectivity index (χ3n) is 3.51. The van der Waals surface area contributed by atoms with E-state index in [9.17, 15) is 9.59 Å². The zero-order valence-electron chi connectivity index (χ0n) is 11.0. The average molecular weight is 246 g/mol. The fourth-order valence-electron chi connectivity index (χ4n) is 2.53. The summed E-state index contributed by atoms with van der Waals surface area (Å²) in [5.41, 5.74) is 0.570. The highest BCUT2D eigenvalue weighted by Crippen LogP contribution is 2.39. The van der Waals surface area contributed by atoms with E-state index in [-0.39, 0.29) is 11.7 Å². The van der Waals surface area contributed by atoms with E-state index in [1.807, 2.05) is 13.8 Å². The van der Waals surface area contributed by atoms with Crippen LogP contribution in [0.25, 0.3) is 0 Å². The van der Waals surface area contributed by atoms with Crippen LogP contribution in [0.3, 0.4) is 0 Å². The number of hydrogen-bond acceptors (Lipinski definition) is 3. The molecule has 0 radical (unpaired) electrons. The predicted molar refractivity (Wildman–Crippen MR) is 69.3 cm³/mol. The Morgan fingerprint density at radius 3 is 2.72 bits per heavy atom. The standard InChI is InChI=1S/C15H18O3/c1-4-5-12-14(17)11-8-10(9-16)6-7-13(11)18-15(12,2)3/h6-9,12H,4-5H2,1-3H3. The zero-order chi connectivity index (χ0) is 13.3. The first-order valence-corrected chi connectivity index (χ1v) is 6.32. The topological polar surface area (TPSA) is 43.4 Å². The molecule has 1 aromatic rings. The number of Topliss-reactive ketones (excluding diaryl/α,β-unsaturated/α-hetero) is 1. The second-order valence-corrected chi connectivity index (χ2v) is 5.28. The Morgan fingerprint density at radius 2 is 2.11 bits per heavy atom. The molecule has 3 nitrogen and oxygen atoms in total. The van der Waals surface area contributed by atoms with Crippen molar-refractivity contribution in [3.05, 3.63) is 29.3 Å². The number of aldehydes is 1. The van der Waals surface area contributed by atoms with Gasteiger partial charge in [0.1, 0.15) is 17.6 Å². The van der Waals surface area contributed by atoms with Crippen LogP contribution in [-0.4, -0.2) is 17.7 Å². The molecular weight excluding hydrogens is 228 g/mol. The molecular formula is C15H18O3. The molecule has 2 rings (SSSR count). The summed E-state index contributed by atoms with van der Waals surface area (Å²) in [6, 6.07) is 5.01. The van der Waals surface area contributed by atoms with Crippen LogP contribution in [0, 0.1) is 5.92 Å². The summed E-state index contributed by atoms with van der Waals surface area (Å²) in [6.07, 6.45) is 2.49. The van der Waals surface area contributed by atoms with Gasteiger partial charge in [-0.1, -0.05) is 13.3 Å². The Hall–Kier alpha value is -1.64. The quantitative estimate of drug-likeness (QED) is 0.769. The Bertz CT molecular complexity index is 489. The number of carbonyl (C=O) groups excluding carboxylic acids is 2. The van der Waals surface area contributed by atoms with E-state index in [4.69, 9.17) is 4.74 Å². The normalized spacial score (nSPS) is 21.1. The van der Waals surface area contributed by atoms with Crippen LogP contribution in [0.4, 0.5) is 0 Å². The molecule has 0 fully saturated rings. The van der Waals surface area contributed by atoms with Crippen LogP contribution >= 0.6 is 0 Å². The van der Waals surface area contributed by atoms with Gasteiger partial charge in [-0.25, -0.2) is 0 Å². The van der Waals surface area contributed by atoms with E-state index in [0.29, 0.717) is 16.9 Å². The van der Waals surface area contributed by atoms with Crippen LogP contribution in [0.15, 0.2) is 18.2 Å². The first kappa shape index (κ1) is 12.8. The molecule has 1 aliphatic rings. The maximum Gasteiger partial charge on any atom is 0.173 e. The molecule has 0 spiro atoms. The molecule has 0 saturated heterocycles. The second-order valence-electron chi connectivity index (χ2n) is 5.28. The molecule has 1 unspecified atom stereocenters. The first-order valence-electron chi connectivity index (χ1n) is 6.32. The van der Waals surface area contributed by atoms with Gasteiger partial charge in [0.2, 0.25) is 0 Å². The summed E-state index contributed by atoms with van der Waals surface area (Å²) < 4.78 is 5.92. The van der Waals surface area contributed by atoms with Gasteiger partial charge in [-0.05, 0) is 38.5 Å². The smallest absolute Gasteiger partial charge is 0.173 e. The van der Waals surface area contributed by atoms with Gasteiger partial charge in [0, 0.05) is 5.56 Å². The molecule has 1 heterocycles. The van der Waals surface area contributed by atoms with Crippen LogP contribution in [0.2, 0.25) is 0 Å². The fraction of sp³-hybridized carbons (Fsp3) is 0.467. The van der Waals surface area contributed by atoms with Gasteiger partial charge >= 0.3 is 0 Å². The van der Waals surface area contributed by atoms with Crippen molar-refractivity contribution >= 4 is 12.1 Å². The summed E-state index contributed by atoms with van der Waals surface area (Å²) in [5, 5.41) is 0. The molecule has 0 saturated carbocycles. The van der Waals surface area contributed by atoms with Crippen molar-refractivity contribution in [1.82, 2.24) is 0 Å². The van der Waals surface area contributed by atoms with E-state index < -0.39 is 5.60 Å². The van der Waals surface area contributed by atoms with Crippen molar-refractivity contribution < 1.29 is 14.3 Å². The van der Waals surface area contributed by atoms with E-state index in [0.717, 1.165) is 19.1 Å². The molecule has 0 aromatic heterocycles. The fourth-order valence-corrected chi connectivity index (χ4v) is 2.53. The number of hydrogen-bond donors (Lipinski definition) is 0. The molecule has 1 aromatic carbocycles. The third kappa shape index (κ3) is 2.05. The monoisotopic (exact) mass is 246 g/mol. The maximum atomic E-state index is 12.5. The van der Waals surface area contributed by atoms with Crippen LogP contribution < -0.4 is 4.74 Å². The van der Waals surface area contributed by atoms with Crippen LogP contribution in [0.5, 0.6) is 5.75 Å². The number of ketones is 1. The highest BCUT2D eigenvalue weighted by Gasteiger charge is 2.42. The molecule has 1 atom stereocenters. The molecule has 0 bridgehead atoms. The number of ether oxygens (including phenoxy) is 1. The van der Waals surface area contributed by atoms with E-state index in [1.165, 1.54) is 0 Å². The number of benzene rings is 1. The average Bonchev–Trinajstić information content (AvgIpc) is 2.34. The highest BCUT2D eigenvalue weighted by atomic mass is 16.5. The summed E-state index contributed by atoms with van der Waals surface area (Å²) in [5.74, 6) is 0.534. The molecule has 3 heteroatoms. The minimum absolute atomic E-state index is 0.0896. The van der Waals surface area contributed by atoms with Crippen molar-refractivity contribution in [2.45, 2.75) is 39.2 Å². The number of rotatable bonds is 3. The van der Waals surface area contributed by atoms with Crippen molar-refractivity contribution in [2.75, 3.05) is 0 Å². The van der Waals surface area contributed by atoms with Gasteiger partial charge in [0.15, 0.2) is 5.78 Å². The van der Waals surface area contributed by atoms with Gasteiger partial charge < -0.3 is 4.74 Å². The van der Waals surface area contributed by atoms with Gasteiger partial charge in [0.05, 0.1) is 11.5 Å². The Labute approximate surface area is 107 Å².